The average Bonchev–Trinajstić information content (AvgIpc) is 2.14. The smallest absolute Gasteiger partial charge is 0.0127 e. The molecule has 0 saturated carbocycles. The summed E-state index contributed by atoms with van der Waals surface area (Å²) in [5.74, 6) is 0. The number of allylic oxidation sites excluding steroid dienone is 3. The Bertz CT molecular complexity index is 145. The molecule has 1 aliphatic carbocycles. The van der Waals surface area contributed by atoms with Gasteiger partial charge in [0.25, 0.3) is 0 Å². The minimum Gasteiger partial charge on any atom is -0.0705 e. The van der Waals surface area contributed by atoms with Gasteiger partial charge in [-0.05, 0) is 45.1 Å². The van der Waals surface area contributed by atoms with Crippen molar-refractivity contribution in [1.29, 1.82) is 0 Å². The molecular formula is C6H6I2. The molecule has 0 saturated heterocycles. The number of rotatable bonds is 0. The Morgan fingerprint density at radius 2 is 2.38 bits per heavy atom. The van der Waals surface area contributed by atoms with E-state index >= 15 is 0 Å². The predicted octanol–water partition coefficient (Wildman–Crippen LogP) is 3.42. The first-order valence-corrected chi connectivity index (χ1v) is 4.82. The summed E-state index contributed by atoms with van der Waals surface area (Å²) in [5.41, 5.74) is 1.51. The molecule has 0 heterocycles. The zero-order valence-corrected chi connectivity index (χ0v) is 8.64. The number of halogens is 2. The first-order chi connectivity index (χ1) is 3.84. The van der Waals surface area contributed by atoms with Gasteiger partial charge in [0, 0.05) is 3.58 Å². The average molecular weight is 332 g/mol. The van der Waals surface area contributed by atoms with Gasteiger partial charge in [-0.15, -0.1) is 0 Å². The van der Waals surface area contributed by atoms with Crippen LogP contribution in [0.4, 0.5) is 0 Å². The van der Waals surface area contributed by atoms with Gasteiger partial charge in [-0.3, -0.25) is 0 Å². The second kappa shape index (κ2) is 3.20. The quantitative estimate of drug-likeness (QED) is 0.597. The second-order valence-electron chi connectivity index (χ2n) is 1.73. The molecule has 0 amide bonds. The molecule has 1 rings (SSSR count). The highest BCUT2D eigenvalue weighted by Crippen LogP contribution is 2.30. The normalized spacial score (nSPS) is 24.2. The lowest BCUT2D eigenvalue weighted by Gasteiger charge is -1.90. The summed E-state index contributed by atoms with van der Waals surface area (Å²) < 4.78 is 3.61. The molecule has 0 aromatic rings. The van der Waals surface area contributed by atoms with Gasteiger partial charge in [0.05, 0.1) is 0 Å². The van der Waals surface area contributed by atoms with Crippen LogP contribution in [0.5, 0.6) is 0 Å². The second-order valence-corrected chi connectivity index (χ2v) is 3.51. The molecule has 0 atom stereocenters. The molecule has 8 heavy (non-hydrogen) atoms. The van der Waals surface area contributed by atoms with Crippen molar-refractivity contribution in [2.24, 2.45) is 0 Å². The Morgan fingerprint density at radius 1 is 1.62 bits per heavy atom. The Kier molecular flexibility index (Phi) is 2.82. The molecule has 0 aliphatic heterocycles. The molecule has 0 fully saturated rings. The zero-order valence-electron chi connectivity index (χ0n) is 4.32. The molecule has 0 aromatic heterocycles. The molecule has 0 nitrogen and oxygen atoms in total. The van der Waals surface area contributed by atoms with E-state index in [-0.39, 0.29) is 0 Å². The minimum atomic E-state index is 1.24. The van der Waals surface area contributed by atoms with E-state index in [0.717, 1.165) is 0 Å². The van der Waals surface area contributed by atoms with E-state index < -0.39 is 0 Å². The summed E-state index contributed by atoms with van der Waals surface area (Å²) >= 11 is 4.68. The van der Waals surface area contributed by atoms with Crippen LogP contribution >= 0.6 is 45.2 Å². The van der Waals surface area contributed by atoms with Crippen LogP contribution in [-0.4, -0.2) is 0 Å². The SMILES string of the molecule is I/C=C1\CCC=C1I. The van der Waals surface area contributed by atoms with E-state index in [0.29, 0.717) is 0 Å². The van der Waals surface area contributed by atoms with Gasteiger partial charge >= 0.3 is 0 Å². The van der Waals surface area contributed by atoms with Gasteiger partial charge in [-0.1, -0.05) is 28.7 Å². The van der Waals surface area contributed by atoms with Gasteiger partial charge < -0.3 is 0 Å². The van der Waals surface area contributed by atoms with Gasteiger partial charge in [-0.2, -0.15) is 0 Å². The summed E-state index contributed by atoms with van der Waals surface area (Å²) in [6, 6.07) is 0. The van der Waals surface area contributed by atoms with Crippen molar-refractivity contribution in [3.63, 3.8) is 0 Å². The molecule has 44 valence electrons. The summed E-state index contributed by atoms with van der Waals surface area (Å²) in [4.78, 5) is 0. The van der Waals surface area contributed by atoms with E-state index in [9.17, 15) is 0 Å². The fourth-order valence-electron chi connectivity index (χ4n) is 0.712. The van der Waals surface area contributed by atoms with Gasteiger partial charge in [0.1, 0.15) is 0 Å². The van der Waals surface area contributed by atoms with Crippen LogP contribution in [0.25, 0.3) is 0 Å². The molecular weight excluding hydrogens is 326 g/mol. The third kappa shape index (κ3) is 1.46. The lowest BCUT2D eigenvalue weighted by Crippen LogP contribution is -1.68. The van der Waals surface area contributed by atoms with Crippen LogP contribution in [0.1, 0.15) is 12.8 Å². The molecule has 1 aliphatic rings. The van der Waals surface area contributed by atoms with E-state index in [1.54, 1.807) is 0 Å². The molecule has 0 unspecified atom stereocenters. The van der Waals surface area contributed by atoms with Gasteiger partial charge in [-0.25, -0.2) is 0 Å². The molecule has 0 spiro atoms. The lowest BCUT2D eigenvalue weighted by atomic mass is 10.3. The molecule has 0 N–H and O–H groups in total. The largest absolute Gasteiger partial charge is 0.0705 e. The van der Waals surface area contributed by atoms with E-state index in [1.807, 2.05) is 0 Å². The van der Waals surface area contributed by atoms with Crippen molar-refractivity contribution in [2.45, 2.75) is 12.8 Å². The van der Waals surface area contributed by atoms with Crippen LogP contribution < -0.4 is 0 Å². The standard InChI is InChI=1S/C6H6I2/c7-4-5-2-1-3-6(5)8/h3-4H,1-2H2/b5-4+. The third-order valence-electron chi connectivity index (χ3n) is 1.18. The monoisotopic (exact) mass is 332 g/mol. The highest BCUT2D eigenvalue weighted by molar-refractivity contribution is 14.1. The molecule has 0 radical (unpaired) electrons. The van der Waals surface area contributed by atoms with Crippen molar-refractivity contribution in [3.05, 3.63) is 19.3 Å². The van der Waals surface area contributed by atoms with E-state index in [2.05, 4.69) is 55.3 Å². The minimum absolute atomic E-state index is 1.24. The summed E-state index contributed by atoms with van der Waals surface area (Å²) in [6.45, 7) is 0. The summed E-state index contributed by atoms with van der Waals surface area (Å²) in [5, 5.41) is 0. The van der Waals surface area contributed by atoms with Gasteiger partial charge in [0.15, 0.2) is 0 Å². The summed E-state index contributed by atoms with van der Waals surface area (Å²) in [6.07, 6.45) is 4.78. The van der Waals surface area contributed by atoms with Crippen molar-refractivity contribution >= 4 is 45.2 Å². The fraction of sp³-hybridized carbons (Fsp3) is 0.333. The Balaban J connectivity index is 2.74. The predicted molar refractivity (Wildman–Crippen MR) is 53.4 cm³/mol. The maximum absolute atomic E-state index is 2.38. The zero-order chi connectivity index (χ0) is 5.98. The summed E-state index contributed by atoms with van der Waals surface area (Å²) in [7, 11) is 0. The van der Waals surface area contributed by atoms with Gasteiger partial charge in [0.2, 0.25) is 0 Å². The Labute approximate surface area is 76.7 Å². The van der Waals surface area contributed by atoms with Crippen molar-refractivity contribution < 1.29 is 0 Å². The lowest BCUT2D eigenvalue weighted by molar-refractivity contribution is 1.07. The molecule has 0 aromatic carbocycles. The van der Waals surface area contributed by atoms with Crippen LogP contribution in [0.2, 0.25) is 0 Å². The number of hydrogen-bond acceptors (Lipinski definition) is 0. The van der Waals surface area contributed by atoms with Crippen LogP contribution in [0.15, 0.2) is 19.3 Å². The van der Waals surface area contributed by atoms with Crippen molar-refractivity contribution in [2.75, 3.05) is 0 Å². The maximum Gasteiger partial charge on any atom is 0.0127 e. The third-order valence-corrected chi connectivity index (χ3v) is 3.06. The molecule has 2 heteroatoms. The Morgan fingerprint density at radius 3 is 2.62 bits per heavy atom. The van der Waals surface area contributed by atoms with E-state index in [4.69, 9.17) is 0 Å². The van der Waals surface area contributed by atoms with Crippen molar-refractivity contribution in [1.82, 2.24) is 0 Å². The maximum atomic E-state index is 2.38. The first-order valence-electron chi connectivity index (χ1n) is 2.50. The first kappa shape index (κ1) is 7.05. The highest BCUT2D eigenvalue weighted by Gasteiger charge is 2.05. The van der Waals surface area contributed by atoms with E-state index in [1.165, 1.54) is 22.0 Å². The fourth-order valence-corrected chi connectivity index (χ4v) is 2.69. The number of hydrogen-bond donors (Lipinski definition) is 0. The van der Waals surface area contributed by atoms with Crippen LogP contribution in [0.3, 0.4) is 0 Å². The Hall–Kier alpha value is 0.940. The van der Waals surface area contributed by atoms with Crippen LogP contribution in [0, 0.1) is 0 Å². The molecule has 0 bridgehead atoms. The topological polar surface area (TPSA) is 0 Å². The van der Waals surface area contributed by atoms with Crippen molar-refractivity contribution in [3.8, 4) is 0 Å². The highest BCUT2D eigenvalue weighted by atomic mass is 127. The van der Waals surface area contributed by atoms with Crippen LogP contribution in [-0.2, 0) is 0 Å².